The maximum absolute atomic E-state index is 10.8. The Bertz CT molecular complexity index is 412. The highest BCUT2D eigenvalue weighted by Gasteiger charge is 2.10. The van der Waals surface area contributed by atoms with Crippen LogP contribution in [0.3, 0.4) is 0 Å². The third-order valence-electron chi connectivity index (χ3n) is 2.33. The van der Waals surface area contributed by atoms with Crippen LogP contribution in [0, 0.1) is 16.0 Å². The van der Waals surface area contributed by atoms with Crippen LogP contribution in [0.15, 0.2) is 23.1 Å². The number of benzene rings is 1. The average molecular weight is 270 g/mol. The van der Waals surface area contributed by atoms with Crippen molar-refractivity contribution >= 4 is 23.1 Å². The molecule has 0 saturated carbocycles. The highest BCUT2D eigenvalue weighted by molar-refractivity contribution is 7.99. The van der Waals surface area contributed by atoms with Crippen molar-refractivity contribution in [2.75, 3.05) is 24.2 Å². The highest BCUT2D eigenvalue weighted by atomic mass is 32.2. The monoisotopic (exact) mass is 270 g/mol. The molecule has 0 aromatic heterocycles. The maximum Gasteiger partial charge on any atom is 0.272 e. The first-order valence-corrected chi connectivity index (χ1v) is 6.82. The number of hydrogen-bond donors (Lipinski definition) is 2. The molecule has 1 aromatic carbocycles. The summed E-state index contributed by atoms with van der Waals surface area (Å²) in [5.41, 5.74) is 0.846. The molecule has 18 heavy (non-hydrogen) atoms. The summed E-state index contributed by atoms with van der Waals surface area (Å²) < 4.78 is 0. The van der Waals surface area contributed by atoms with E-state index in [1.54, 1.807) is 6.07 Å². The summed E-state index contributed by atoms with van der Waals surface area (Å²) in [5.74, 6) is 0.917. The first kappa shape index (κ1) is 14.8. The van der Waals surface area contributed by atoms with Crippen LogP contribution in [-0.4, -0.2) is 28.9 Å². The normalized spacial score (nSPS) is 12.2. The number of nitrogens with one attached hydrogen (secondary N) is 1. The van der Waals surface area contributed by atoms with Gasteiger partial charge in [-0.25, -0.2) is 0 Å². The molecule has 0 saturated heterocycles. The van der Waals surface area contributed by atoms with Crippen molar-refractivity contribution in [1.29, 1.82) is 0 Å². The Morgan fingerprint density at radius 3 is 2.78 bits per heavy atom. The quantitative estimate of drug-likeness (QED) is 0.452. The van der Waals surface area contributed by atoms with Crippen LogP contribution < -0.4 is 5.32 Å². The number of aliphatic hydroxyl groups is 1. The number of anilines is 1. The topological polar surface area (TPSA) is 75.4 Å². The lowest BCUT2D eigenvalue weighted by atomic mass is 10.2. The molecular formula is C12H18N2O3S. The second-order valence-corrected chi connectivity index (χ2v) is 5.20. The molecule has 0 aliphatic carbocycles. The van der Waals surface area contributed by atoms with Crippen molar-refractivity contribution in [1.82, 2.24) is 0 Å². The summed E-state index contributed by atoms with van der Waals surface area (Å²) >= 11 is 1.52. The molecular weight excluding hydrogens is 252 g/mol. The Morgan fingerprint density at radius 1 is 1.50 bits per heavy atom. The van der Waals surface area contributed by atoms with E-state index in [1.807, 2.05) is 19.9 Å². The zero-order chi connectivity index (χ0) is 13.5. The smallest absolute Gasteiger partial charge is 0.272 e. The molecule has 1 aromatic rings. The van der Waals surface area contributed by atoms with Crippen molar-refractivity contribution in [3.63, 3.8) is 0 Å². The van der Waals surface area contributed by atoms with E-state index in [4.69, 9.17) is 5.11 Å². The fourth-order valence-corrected chi connectivity index (χ4v) is 2.37. The summed E-state index contributed by atoms with van der Waals surface area (Å²) in [7, 11) is 0. The predicted octanol–water partition coefficient (Wildman–Crippen LogP) is 2.75. The zero-order valence-corrected chi connectivity index (χ0v) is 11.4. The number of aliphatic hydroxyl groups excluding tert-OH is 1. The molecule has 1 unspecified atom stereocenters. The summed E-state index contributed by atoms with van der Waals surface area (Å²) in [6.07, 6.45) is 0. The number of thioether (sulfide) groups is 1. The van der Waals surface area contributed by atoms with Gasteiger partial charge in [0.2, 0.25) is 0 Å². The summed E-state index contributed by atoms with van der Waals surface area (Å²) in [5, 5.41) is 22.9. The standard InChI is InChI=1S/C12H18N2O3S/c1-3-13-10-4-11(14(16)17)6-12(5-10)18-8-9(2)7-15/h4-6,9,13,15H,3,7-8H2,1-2H3. The fraction of sp³-hybridized carbons (Fsp3) is 0.500. The maximum atomic E-state index is 10.8. The van der Waals surface area contributed by atoms with Gasteiger partial charge >= 0.3 is 0 Å². The summed E-state index contributed by atoms with van der Waals surface area (Å²) in [6.45, 7) is 4.73. The minimum absolute atomic E-state index is 0.0904. The SMILES string of the molecule is CCNc1cc(SCC(C)CO)cc([N+](=O)[O-])c1. The molecule has 2 N–H and O–H groups in total. The van der Waals surface area contributed by atoms with Gasteiger partial charge in [-0.05, 0) is 18.9 Å². The van der Waals surface area contributed by atoms with Crippen molar-refractivity contribution in [2.45, 2.75) is 18.7 Å². The number of non-ortho nitro benzene ring substituents is 1. The van der Waals surface area contributed by atoms with Gasteiger partial charge in [-0.1, -0.05) is 6.92 Å². The fourth-order valence-electron chi connectivity index (χ4n) is 1.37. The number of rotatable bonds is 7. The number of nitrogens with zero attached hydrogens (tertiary/aromatic N) is 1. The Labute approximate surface area is 111 Å². The lowest BCUT2D eigenvalue weighted by molar-refractivity contribution is -0.385. The largest absolute Gasteiger partial charge is 0.396 e. The number of nitro groups is 1. The van der Waals surface area contributed by atoms with E-state index in [-0.39, 0.29) is 23.1 Å². The average Bonchev–Trinajstić information content (AvgIpc) is 2.36. The van der Waals surface area contributed by atoms with Crippen LogP contribution in [0.2, 0.25) is 0 Å². The predicted molar refractivity (Wildman–Crippen MR) is 74.2 cm³/mol. The van der Waals surface area contributed by atoms with Crippen molar-refractivity contribution in [3.05, 3.63) is 28.3 Å². The first-order chi connectivity index (χ1) is 8.56. The van der Waals surface area contributed by atoms with Gasteiger partial charge < -0.3 is 10.4 Å². The Hall–Kier alpha value is -1.27. The van der Waals surface area contributed by atoms with Gasteiger partial charge in [-0.2, -0.15) is 0 Å². The van der Waals surface area contributed by atoms with Crippen LogP contribution in [0.1, 0.15) is 13.8 Å². The minimum Gasteiger partial charge on any atom is -0.396 e. The van der Waals surface area contributed by atoms with Gasteiger partial charge in [0.25, 0.3) is 5.69 Å². The van der Waals surface area contributed by atoms with Crippen LogP contribution >= 0.6 is 11.8 Å². The van der Waals surface area contributed by atoms with Crippen LogP contribution in [0.5, 0.6) is 0 Å². The Balaban J connectivity index is 2.85. The van der Waals surface area contributed by atoms with Crippen molar-refractivity contribution < 1.29 is 10.0 Å². The molecule has 100 valence electrons. The third kappa shape index (κ3) is 4.54. The van der Waals surface area contributed by atoms with Crippen LogP contribution in [-0.2, 0) is 0 Å². The number of nitro benzene ring substituents is 1. The molecule has 0 spiro atoms. The molecule has 0 aliphatic heterocycles. The first-order valence-electron chi connectivity index (χ1n) is 5.83. The van der Waals surface area contributed by atoms with Gasteiger partial charge in [0.05, 0.1) is 4.92 Å². The lowest BCUT2D eigenvalue weighted by Gasteiger charge is -2.09. The number of hydrogen-bond acceptors (Lipinski definition) is 5. The second-order valence-electron chi connectivity index (χ2n) is 4.10. The van der Waals surface area contributed by atoms with E-state index in [2.05, 4.69) is 5.32 Å². The van der Waals surface area contributed by atoms with Gasteiger partial charge in [0, 0.05) is 41.6 Å². The van der Waals surface area contributed by atoms with Gasteiger partial charge in [-0.3, -0.25) is 10.1 Å². The molecule has 5 nitrogen and oxygen atoms in total. The van der Waals surface area contributed by atoms with E-state index in [0.29, 0.717) is 0 Å². The van der Waals surface area contributed by atoms with E-state index < -0.39 is 0 Å². The minimum atomic E-state index is -0.389. The van der Waals surface area contributed by atoms with Crippen LogP contribution in [0.4, 0.5) is 11.4 Å². The summed E-state index contributed by atoms with van der Waals surface area (Å²) in [6, 6.07) is 4.99. The van der Waals surface area contributed by atoms with Gasteiger partial charge in [0.1, 0.15) is 0 Å². The molecule has 0 heterocycles. The molecule has 0 bridgehead atoms. The van der Waals surface area contributed by atoms with E-state index >= 15 is 0 Å². The zero-order valence-electron chi connectivity index (χ0n) is 10.5. The third-order valence-corrected chi connectivity index (χ3v) is 3.63. The Morgan fingerprint density at radius 2 is 2.22 bits per heavy atom. The van der Waals surface area contributed by atoms with Gasteiger partial charge in [0.15, 0.2) is 0 Å². The van der Waals surface area contributed by atoms with Crippen molar-refractivity contribution in [2.24, 2.45) is 5.92 Å². The lowest BCUT2D eigenvalue weighted by Crippen LogP contribution is -2.03. The molecule has 6 heteroatoms. The van der Waals surface area contributed by atoms with Gasteiger partial charge in [-0.15, -0.1) is 11.8 Å². The van der Waals surface area contributed by atoms with E-state index in [0.717, 1.165) is 22.9 Å². The van der Waals surface area contributed by atoms with Crippen LogP contribution in [0.25, 0.3) is 0 Å². The molecule has 0 fully saturated rings. The molecule has 1 rings (SSSR count). The van der Waals surface area contributed by atoms with Crippen molar-refractivity contribution in [3.8, 4) is 0 Å². The molecule has 0 radical (unpaired) electrons. The highest BCUT2D eigenvalue weighted by Crippen LogP contribution is 2.29. The van der Waals surface area contributed by atoms with E-state index in [9.17, 15) is 10.1 Å². The molecule has 0 amide bonds. The Kier molecular flexibility index (Phi) is 5.94. The second kappa shape index (κ2) is 7.23. The molecule has 0 aliphatic rings. The molecule has 1 atom stereocenters. The summed E-state index contributed by atoms with van der Waals surface area (Å²) in [4.78, 5) is 11.3. The van der Waals surface area contributed by atoms with E-state index in [1.165, 1.54) is 17.8 Å².